The first-order valence-corrected chi connectivity index (χ1v) is 6.49. The predicted octanol–water partition coefficient (Wildman–Crippen LogP) is 0.286. The maximum atomic E-state index is 12.4. The molecule has 1 rings (SSSR count). The van der Waals surface area contributed by atoms with Gasteiger partial charge < -0.3 is 15.2 Å². The number of ketones is 3. The summed E-state index contributed by atoms with van der Waals surface area (Å²) in [7, 11) is 2.54. The highest BCUT2D eigenvalue weighted by Gasteiger charge is 2.68. The van der Waals surface area contributed by atoms with Crippen molar-refractivity contribution >= 4 is 23.3 Å². The van der Waals surface area contributed by atoms with Crippen LogP contribution in [0.3, 0.4) is 0 Å². The van der Waals surface area contributed by atoms with E-state index in [1.54, 1.807) is 0 Å². The second kappa shape index (κ2) is 5.75. The lowest BCUT2D eigenvalue weighted by molar-refractivity contribution is -0.159. The molecule has 1 aliphatic rings. The van der Waals surface area contributed by atoms with E-state index in [1.165, 1.54) is 20.3 Å². The van der Waals surface area contributed by atoms with Crippen LogP contribution in [0.15, 0.2) is 23.7 Å². The predicted molar refractivity (Wildman–Crippen MR) is 76.3 cm³/mol. The van der Waals surface area contributed by atoms with Crippen LogP contribution < -0.4 is 5.73 Å². The van der Waals surface area contributed by atoms with Gasteiger partial charge in [-0.25, -0.2) is 0 Å². The van der Waals surface area contributed by atoms with Crippen LogP contribution >= 0.6 is 0 Å². The number of nitrogens with two attached hydrogens (primary N) is 1. The van der Waals surface area contributed by atoms with E-state index in [2.05, 4.69) is 0 Å². The number of hydrogen-bond acceptors (Lipinski definition) is 6. The van der Waals surface area contributed by atoms with Crippen LogP contribution in [-0.4, -0.2) is 37.5 Å². The van der Waals surface area contributed by atoms with Gasteiger partial charge in [0.1, 0.15) is 0 Å². The van der Waals surface area contributed by atoms with Gasteiger partial charge in [0.15, 0.2) is 39.7 Å². The molecular weight excluding hydrogens is 290 g/mol. The highest BCUT2D eigenvalue weighted by molar-refractivity contribution is 6.22. The Bertz CT molecular complexity index is 586. The summed E-state index contributed by atoms with van der Waals surface area (Å²) in [5, 5.41) is 0. The topological polar surface area (TPSA) is 113 Å². The Morgan fingerprint density at radius 2 is 1.45 bits per heavy atom. The minimum atomic E-state index is -2.18. The van der Waals surface area contributed by atoms with Crippen molar-refractivity contribution in [2.75, 3.05) is 14.2 Å². The van der Waals surface area contributed by atoms with Crippen molar-refractivity contribution in [3.8, 4) is 0 Å². The average molecular weight is 309 g/mol. The van der Waals surface area contributed by atoms with Crippen molar-refractivity contribution < 1.29 is 28.7 Å². The highest BCUT2D eigenvalue weighted by Crippen LogP contribution is 2.52. The van der Waals surface area contributed by atoms with Gasteiger partial charge >= 0.3 is 0 Å². The van der Waals surface area contributed by atoms with E-state index in [-0.39, 0.29) is 11.5 Å². The third-order valence-corrected chi connectivity index (χ3v) is 4.06. The van der Waals surface area contributed by atoms with Crippen molar-refractivity contribution in [1.82, 2.24) is 0 Å². The van der Waals surface area contributed by atoms with E-state index < -0.39 is 34.1 Å². The Balaban J connectivity index is 4.05. The smallest absolute Gasteiger partial charge is 0.237 e. The van der Waals surface area contributed by atoms with E-state index in [4.69, 9.17) is 15.2 Å². The largest absolute Gasteiger partial charge is 0.496 e. The van der Waals surface area contributed by atoms with Crippen LogP contribution in [0.25, 0.3) is 0 Å². The molecule has 0 aliphatic heterocycles. The molecule has 1 atom stereocenters. The van der Waals surface area contributed by atoms with E-state index in [0.29, 0.717) is 0 Å². The van der Waals surface area contributed by atoms with Crippen LogP contribution in [0.2, 0.25) is 0 Å². The normalized spacial score (nSPS) is 23.0. The van der Waals surface area contributed by atoms with Crippen molar-refractivity contribution in [2.45, 2.75) is 20.8 Å². The number of Topliss-reactive ketones (excluding diaryl/α,β-unsaturated/α-hetero) is 3. The summed E-state index contributed by atoms with van der Waals surface area (Å²) in [5.74, 6) is -3.43. The van der Waals surface area contributed by atoms with Gasteiger partial charge in [-0.2, -0.15) is 0 Å². The summed E-state index contributed by atoms with van der Waals surface area (Å²) in [4.78, 5) is 49.3. The molecule has 0 heterocycles. The molecule has 22 heavy (non-hydrogen) atoms. The lowest BCUT2D eigenvalue weighted by Crippen LogP contribution is -2.62. The molecular formula is C15H19NO6. The van der Waals surface area contributed by atoms with Crippen molar-refractivity contribution in [3.63, 3.8) is 0 Å². The lowest BCUT2D eigenvalue weighted by atomic mass is 9.54. The van der Waals surface area contributed by atoms with Crippen LogP contribution in [0.4, 0.5) is 0 Å². The molecule has 1 aliphatic carbocycles. The second-order valence-electron chi connectivity index (χ2n) is 5.03. The molecule has 1 unspecified atom stereocenters. The zero-order valence-corrected chi connectivity index (χ0v) is 13.2. The molecule has 0 aromatic carbocycles. The van der Waals surface area contributed by atoms with Gasteiger partial charge in [0.2, 0.25) is 5.91 Å². The number of ether oxygens (including phenoxy) is 2. The van der Waals surface area contributed by atoms with Gasteiger partial charge in [-0.3, -0.25) is 19.2 Å². The molecule has 0 radical (unpaired) electrons. The molecule has 1 amide bonds. The van der Waals surface area contributed by atoms with E-state index in [0.717, 1.165) is 26.8 Å². The molecule has 0 aromatic rings. The number of methoxy groups -OCH3 is 2. The molecule has 0 saturated heterocycles. The third-order valence-electron chi connectivity index (χ3n) is 4.06. The minimum absolute atomic E-state index is 0.0750. The Hall–Kier alpha value is -2.44. The van der Waals surface area contributed by atoms with Crippen molar-refractivity contribution in [3.05, 3.63) is 23.7 Å². The summed E-state index contributed by atoms with van der Waals surface area (Å²) in [6, 6.07) is 0. The zero-order valence-electron chi connectivity index (χ0n) is 13.2. The summed E-state index contributed by atoms with van der Waals surface area (Å²) >= 11 is 0. The fraction of sp³-hybridized carbons (Fsp3) is 0.467. The van der Waals surface area contributed by atoms with Crippen molar-refractivity contribution in [2.24, 2.45) is 16.6 Å². The number of primary amides is 1. The van der Waals surface area contributed by atoms with Crippen LogP contribution in [0, 0.1) is 10.8 Å². The summed E-state index contributed by atoms with van der Waals surface area (Å²) in [5.41, 5.74) is 1.09. The van der Waals surface area contributed by atoms with E-state index in [9.17, 15) is 19.2 Å². The molecule has 7 nitrogen and oxygen atoms in total. The summed E-state index contributed by atoms with van der Waals surface area (Å²) in [6.07, 6.45) is 2.44. The van der Waals surface area contributed by atoms with Crippen LogP contribution in [0.5, 0.6) is 0 Å². The number of carbonyl (C=O) groups is 4. The van der Waals surface area contributed by atoms with E-state index in [1.807, 2.05) is 0 Å². The number of carbonyl (C=O) groups excluding carboxylic acids is 4. The fourth-order valence-electron chi connectivity index (χ4n) is 3.12. The standard InChI is InChI=1S/C15H19NO6/c1-8(17)14(13(16)20)7-6-11(21-4)12(22-5)15(14,9(2)18)10(3)19/h6-7H,1-5H3,(H2,16,20). The Kier molecular flexibility index (Phi) is 4.60. The summed E-state index contributed by atoms with van der Waals surface area (Å²) in [6.45, 7) is 3.31. The first-order valence-electron chi connectivity index (χ1n) is 6.49. The molecule has 120 valence electrons. The van der Waals surface area contributed by atoms with Gasteiger partial charge in [0, 0.05) is 0 Å². The summed E-state index contributed by atoms with van der Waals surface area (Å²) < 4.78 is 10.3. The molecule has 0 saturated carbocycles. The maximum absolute atomic E-state index is 12.4. The van der Waals surface area contributed by atoms with Crippen LogP contribution in [0.1, 0.15) is 20.8 Å². The van der Waals surface area contributed by atoms with Crippen molar-refractivity contribution in [1.29, 1.82) is 0 Å². The average Bonchev–Trinajstić information content (AvgIpc) is 2.43. The fourth-order valence-corrected chi connectivity index (χ4v) is 3.12. The van der Waals surface area contributed by atoms with Gasteiger partial charge in [-0.05, 0) is 26.8 Å². The number of rotatable bonds is 6. The Labute approximate surface area is 128 Å². The molecule has 7 heteroatoms. The van der Waals surface area contributed by atoms with Gasteiger partial charge in [0.05, 0.1) is 14.2 Å². The monoisotopic (exact) mass is 309 g/mol. The Morgan fingerprint density at radius 3 is 1.73 bits per heavy atom. The molecule has 0 aromatic heterocycles. The molecule has 2 N–H and O–H groups in total. The molecule has 0 bridgehead atoms. The maximum Gasteiger partial charge on any atom is 0.237 e. The molecule has 0 fully saturated rings. The van der Waals surface area contributed by atoms with Gasteiger partial charge in [-0.15, -0.1) is 0 Å². The van der Waals surface area contributed by atoms with Crippen LogP contribution in [-0.2, 0) is 28.7 Å². The minimum Gasteiger partial charge on any atom is -0.496 e. The quantitative estimate of drug-likeness (QED) is 0.705. The second-order valence-corrected chi connectivity index (χ2v) is 5.03. The number of amides is 1. The van der Waals surface area contributed by atoms with E-state index >= 15 is 0 Å². The highest BCUT2D eigenvalue weighted by atomic mass is 16.5. The van der Waals surface area contributed by atoms with Gasteiger partial charge in [-0.1, -0.05) is 6.08 Å². The Morgan fingerprint density at radius 1 is 0.955 bits per heavy atom. The molecule has 0 spiro atoms. The number of allylic oxidation sites excluding steroid dienone is 2. The zero-order chi connectivity index (χ0) is 17.3. The SMILES string of the molecule is COC1=C(OC)C(C(C)=O)(C(C)=O)C(C(C)=O)(C(N)=O)C=C1. The van der Waals surface area contributed by atoms with Gasteiger partial charge in [0.25, 0.3) is 0 Å². The first-order chi connectivity index (χ1) is 10.1. The first kappa shape index (κ1) is 17.6. The third kappa shape index (κ3) is 1.88. The lowest BCUT2D eigenvalue weighted by Gasteiger charge is -2.44. The number of hydrogen-bond donors (Lipinski definition) is 1.